The lowest BCUT2D eigenvalue weighted by Gasteiger charge is -2.32. The zero-order valence-electron chi connectivity index (χ0n) is 21.5. The highest BCUT2D eigenvalue weighted by Crippen LogP contribution is 2.38. The molecule has 0 spiro atoms. The van der Waals surface area contributed by atoms with Gasteiger partial charge in [-0.05, 0) is 61.9 Å². The van der Waals surface area contributed by atoms with Crippen molar-refractivity contribution in [3.63, 3.8) is 0 Å². The van der Waals surface area contributed by atoms with E-state index in [1.54, 1.807) is 37.3 Å². The maximum atomic E-state index is 13.7. The second-order valence-electron chi connectivity index (χ2n) is 8.71. The molecule has 3 aromatic carbocycles. The fourth-order valence-electron chi connectivity index (χ4n) is 3.83. The van der Waals surface area contributed by atoms with Crippen molar-refractivity contribution in [3.05, 3.63) is 94.0 Å². The number of alkyl halides is 3. The fraction of sp³-hybridized carbons (Fsp3) is 0.259. The van der Waals surface area contributed by atoms with Gasteiger partial charge in [0.05, 0.1) is 21.2 Å². The van der Waals surface area contributed by atoms with Gasteiger partial charge < -0.3 is 10.2 Å². The molecule has 1 N–H and O–H groups in total. The van der Waals surface area contributed by atoms with Crippen molar-refractivity contribution in [2.45, 2.75) is 37.5 Å². The van der Waals surface area contributed by atoms with Crippen LogP contribution in [0, 0.1) is 0 Å². The number of carbonyl (C=O) groups is 2. The Bertz CT molecular complexity index is 1450. The molecule has 3 rings (SSSR count). The Kier molecular flexibility index (Phi) is 10.1. The zero-order valence-corrected chi connectivity index (χ0v) is 23.8. The van der Waals surface area contributed by atoms with Crippen LogP contribution in [-0.2, 0) is 32.3 Å². The molecule has 7 nitrogen and oxygen atoms in total. The first kappa shape index (κ1) is 31.3. The zero-order chi connectivity index (χ0) is 29.7. The van der Waals surface area contributed by atoms with Crippen LogP contribution in [0.15, 0.2) is 77.7 Å². The smallest absolute Gasteiger partial charge is 0.355 e. The monoisotopic (exact) mass is 615 g/mol. The molecule has 0 aromatic heterocycles. The highest BCUT2D eigenvalue weighted by atomic mass is 35.5. The molecule has 0 saturated heterocycles. The van der Waals surface area contributed by atoms with E-state index in [1.165, 1.54) is 31.2 Å². The number of hydrogen-bond acceptors (Lipinski definition) is 4. The minimum atomic E-state index is -4.88. The van der Waals surface area contributed by atoms with Crippen molar-refractivity contribution >= 4 is 50.7 Å². The highest BCUT2D eigenvalue weighted by Gasteiger charge is 2.36. The molecular weight excluding hydrogens is 590 g/mol. The number of nitrogens with zero attached hydrogens (tertiary/aromatic N) is 2. The third-order valence-corrected chi connectivity index (χ3v) is 8.31. The number of amides is 2. The van der Waals surface area contributed by atoms with Crippen LogP contribution in [-0.4, -0.2) is 44.3 Å². The van der Waals surface area contributed by atoms with E-state index in [2.05, 4.69) is 5.32 Å². The van der Waals surface area contributed by atoms with Crippen molar-refractivity contribution < 1.29 is 31.2 Å². The number of anilines is 1. The van der Waals surface area contributed by atoms with E-state index in [0.717, 1.165) is 17.0 Å². The number of benzene rings is 3. The van der Waals surface area contributed by atoms with Crippen LogP contribution in [0.5, 0.6) is 0 Å². The number of nitrogens with one attached hydrogen (secondary N) is 1. The van der Waals surface area contributed by atoms with Gasteiger partial charge in [0, 0.05) is 18.1 Å². The normalized spacial score (nSPS) is 12.5. The summed E-state index contributed by atoms with van der Waals surface area (Å²) < 4.78 is 68.9. The minimum absolute atomic E-state index is 0.0953. The van der Waals surface area contributed by atoms with E-state index in [0.29, 0.717) is 21.0 Å². The van der Waals surface area contributed by atoms with Crippen molar-refractivity contribution in [3.8, 4) is 0 Å². The quantitative estimate of drug-likeness (QED) is 0.314. The van der Waals surface area contributed by atoms with E-state index in [-0.39, 0.29) is 18.0 Å². The maximum absolute atomic E-state index is 13.7. The Morgan fingerprint density at radius 3 is 2.17 bits per heavy atom. The number of sulfonamides is 1. The third kappa shape index (κ3) is 7.47. The third-order valence-electron chi connectivity index (χ3n) is 5.94. The lowest BCUT2D eigenvalue weighted by Crippen LogP contribution is -2.51. The molecule has 1 atom stereocenters. The molecule has 0 heterocycles. The molecule has 13 heteroatoms. The number of halogens is 5. The van der Waals surface area contributed by atoms with E-state index < -0.39 is 56.9 Å². The predicted octanol–water partition coefficient (Wildman–Crippen LogP) is 5.76. The SMILES string of the molecule is CCNC(=O)C(C)N(Cc1ccc(Cl)cc1)C(=O)CN(c1ccc(Cl)c(C(F)(F)F)c1)S(=O)(=O)c1ccccc1. The fourth-order valence-corrected chi connectivity index (χ4v) is 5.60. The van der Waals surface area contributed by atoms with Gasteiger partial charge in [-0.3, -0.25) is 13.9 Å². The number of carbonyl (C=O) groups excluding carboxylic acids is 2. The summed E-state index contributed by atoms with van der Waals surface area (Å²) in [5.74, 6) is -1.31. The maximum Gasteiger partial charge on any atom is 0.417 e. The second kappa shape index (κ2) is 12.9. The summed E-state index contributed by atoms with van der Waals surface area (Å²) >= 11 is 11.7. The van der Waals surface area contributed by atoms with Gasteiger partial charge in [0.1, 0.15) is 12.6 Å². The lowest BCUT2D eigenvalue weighted by molar-refractivity contribution is -0.139. The average Bonchev–Trinajstić information content (AvgIpc) is 2.91. The van der Waals surface area contributed by atoms with Crippen LogP contribution in [0.2, 0.25) is 10.0 Å². The van der Waals surface area contributed by atoms with Crippen LogP contribution in [0.25, 0.3) is 0 Å². The van der Waals surface area contributed by atoms with Gasteiger partial charge in [0.15, 0.2) is 0 Å². The summed E-state index contributed by atoms with van der Waals surface area (Å²) in [6.45, 7) is 2.46. The summed E-state index contributed by atoms with van der Waals surface area (Å²) in [6.07, 6.45) is -4.88. The average molecular weight is 616 g/mol. The number of hydrogen-bond donors (Lipinski definition) is 1. The van der Waals surface area contributed by atoms with Gasteiger partial charge in [-0.15, -0.1) is 0 Å². The molecule has 0 radical (unpaired) electrons. The van der Waals surface area contributed by atoms with Gasteiger partial charge in [0.25, 0.3) is 10.0 Å². The first-order chi connectivity index (χ1) is 18.8. The number of likely N-dealkylation sites (N-methyl/N-ethyl adjacent to an activating group) is 1. The Hall–Kier alpha value is -3.28. The summed E-state index contributed by atoms with van der Waals surface area (Å²) in [4.78, 5) is 27.4. The molecule has 1 unspecified atom stereocenters. The van der Waals surface area contributed by atoms with E-state index in [4.69, 9.17) is 23.2 Å². The summed E-state index contributed by atoms with van der Waals surface area (Å²) in [5, 5.41) is 2.44. The van der Waals surface area contributed by atoms with Crippen LogP contribution in [0.1, 0.15) is 25.0 Å². The van der Waals surface area contributed by atoms with Gasteiger partial charge >= 0.3 is 6.18 Å². The molecule has 0 aliphatic heterocycles. The van der Waals surface area contributed by atoms with Crippen molar-refractivity contribution in [2.24, 2.45) is 0 Å². The number of rotatable bonds is 10. The van der Waals surface area contributed by atoms with E-state index >= 15 is 0 Å². The van der Waals surface area contributed by atoms with Crippen LogP contribution in [0.4, 0.5) is 18.9 Å². The summed E-state index contributed by atoms with van der Waals surface area (Å²) in [6, 6.07) is 15.0. The predicted molar refractivity (Wildman–Crippen MR) is 148 cm³/mol. The Morgan fingerprint density at radius 1 is 0.975 bits per heavy atom. The summed E-state index contributed by atoms with van der Waals surface area (Å²) in [7, 11) is -4.54. The van der Waals surface area contributed by atoms with Gasteiger partial charge in [-0.25, -0.2) is 8.42 Å². The van der Waals surface area contributed by atoms with E-state index in [9.17, 15) is 31.2 Å². The highest BCUT2D eigenvalue weighted by molar-refractivity contribution is 7.92. The van der Waals surface area contributed by atoms with Crippen molar-refractivity contribution in [1.82, 2.24) is 10.2 Å². The topological polar surface area (TPSA) is 86.8 Å². The van der Waals surface area contributed by atoms with Gasteiger partial charge in [-0.2, -0.15) is 13.2 Å². The first-order valence-electron chi connectivity index (χ1n) is 12.0. The molecule has 0 aliphatic carbocycles. The molecule has 0 bridgehead atoms. The summed E-state index contributed by atoms with van der Waals surface area (Å²) in [5.41, 5.74) is -1.09. The van der Waals surface area contributed by atoms with Crippen molar-refractivity contribution in [2.75, 3.05) is 17.4 Å². The van der Waals surface area contributed by atoms with Gasteiger partial charge in [0.2, 0.25) is 11.8 Å². The first-order valence-corrected chi connectivity index (χ1v) is 14.2. The standard InChI is InChI=1S/C27H26Cl2F3N3O4S/c1-3-33-26(37)18(2)34(16-19-9-11-20(28)12-10-19)25(36)17-35(40(38,39)22-7-5-4-6-8-22)21-13-14-24(29)23(15-21)27(30,31)32/h4-15,18H,3,16-17H2,1-2H3,(H,33,37). The van der Waals surface area contributed by atoms with Crippen molar-refractivity contribution in [1.29, 1.82) is 0 Å². The lowest BCUT2D eigenvalue weighted by atomic mass is 10.1. The Morgan fingerprint density at radius 2 is 1.60 bits per heavy atom. The van der Waals surface area contributed by atoms with Crippen LogP contribution in [0.3, 0.4) is 0 Å². The molecule has 2 amide bonds. The Labute approximate surface area is 240 Å². The Balaban J connectivity index is 2.10. The largest absolute Gasteiger partial charge is 0.417 e. The molecule has 0 aliphatic rings. The molecular formula is C27H26Cl2F3N3O4S. The van der Waals surface area contributed by atoms with Crippen LogP contribution >= 0.6 is 23.2 Å². The molecule has 0 fully saturated rings. The molecule has 214 valence electrons. The molecule has 3 aromatic rings. The minimum Gasteiger partial charge on any atom is -0.355 e. The second-order valence-corrected chi connectivity index (χ2v) is 11.4. The van der Waals surface area contributed by atoms with E-state index in [1.807, 2.05) is 0 Å². The van der Waals surface area contributed by atoms with Gasteiger partial charge in [-0.1, -0.05) is 53.5 Å². The molecule has 0 saturated carbocycles. The molecule has 40 heavy (non-hydrogen) atoms. The van der Waals surface area contributed by atoms with Crippen LogP contribution < -0.4 is 9.62 Å².